The SMILES string of the molecule is COc1ccc(N(Cc2cccnc2)S(=O)(=O)c2cccs2)cc1. The second kappa shape index (κ2) is 7.02. The first-order valence-corrected chi connectivity index (χ1v) is 9.52. The highest BCUT2D eigenvalue weighted by Gasteiger charge is 2.26. The number of hydrogen-bond acceptors (Lipinski definition) is 5. The number of pyridine rings is 1. The molecule has 24 heavy (non-hydrogen) atoms. The molecule has 0 saturated carbocycles. The van der Waals surface area contributed by atoms with E-state index in [1.165, 1.54) is 15.6 Å². The van der Waals surface area contributed by atoms with E-state index in [-0.39, 0.29) is 6.54 Å². The van der Waals surface area contributed by atoms with E-state index >= 15 is 0 Å². The van der Waals surface area contributed by atoms with Crippen molar-refractivity contribution in [2.75, 3.05) is 11.4 Å². The fraction of sp³-hybridized carbons (Fsp3) is 0.118. The van der Waals surface area contributed by atoms with Crippen LogP contribution in [0.2, 0.25) is 0 Å². The van der Waals surface area contributed by atoms with Gasteiger partial charge in [-0.3, -0.25) is 9.29 Å². The number of hydrogen-bond donors (Lipinski definition) is 0. The standard InChI is InChI=1S/C17H16N2O3S2/c1-22-16-8-6-15(7-9-16)19(13-14-4-2-10-18-12-14)24(20,21)17-5-3-11-23-17/h2-12H,13H2,1H3. The van der Waals surface area contributed by atoms with Crippen molar-refractivity contribution in [3.05, 3.63) is 71.9 Å². The summed E-state index contributed by atoms with van der Waals surface area (Å²) < 4.78 is 32.9. The van der Waals surface area contributed by atoms with Crippen LogP contribution in [0.5, 0.6) is 5.75 Å². The molecule has 3 rings (SSSR count). The van der Waals surface area contributed by atoms with Gasteiger partial charge in [0.25, 0.3) is 10.0 Å². The van der Waals surface area contributed by atoms with Crippen molar-refractivity contribution in [2.45, 2.75) is 10.8 Å². The molecule has 3 aromatic rings. The highest BCUT2D eigenvalue weighted by atomic mass is 32.2. The maximum Gasteiger partial charge on any atom is 0.274 e. The number of rotatable bonds is 6. The second-order valence-electron chi connectivity index (χ2n) is 5.00. The van der Waals surface area contributed by atoms with Gasteiger partial charge in [0.2, 0.25) is 0 Å². The molecule has 2 heterocycles. The second-order valence-corrected chi connectivity index (χ2v) is 8.04. The minimum atomic E-state index is -3.65. The lowest BCUT2D eigenvalue weighted by Crippen LogP contribution is -2.30. The minimum Gasteiger partial charge on any atom is -0.497 e. The van der Waals surface area contributed by atoms with Crippen molar-refractivity contribution in [3.8, 4) is 5.75 Å². The lowest BCUT2D eigenvalue weighted by molar-refractivity contribution is 0.415. The molecule has 0 amide bonds. The fourth-order valence-electron chi connectivity index (χ4n) is 2.24. The highest BCUT2D eigenvalue weighted by molar-refractivity contribution is 7.94. The first-order chi connectivity index (χ1) is 11.6. The first kappa shape index (κ1) is 16.5. The van der Waals surface area contributed by atoms with Crippen LogP contribution >= 0.6 is 11.3 Å². The van der Waals surface area contributed by atoms with Crippen LogP contribution < -0.4 is 9.04 Å². The van der Waals surface area contributed by atoms with Crippen molar-refractivity contribution >= 4 is 27.0 Å². The molecular weight excluding hydrogens is 344 g/mol. The number of methoxy groups -OCH3 is 1. The molecule has 0 unspecified atom stereocenters. The molecule has 0 saturated heterocycles. The van der Waals surface area contributed by atoms with Crippen LogP contribution in [-0.2, 0) is 16.6 Å². The molecule has 0 fully saturated rings. The molecule has 2 aromatic heterocycles. The Bertz CT molecular complexity index is 877. The molecule has 124 valence electrons. The Labute approximate surface area is 145 Å². The normalized spacial score (nSPS) is 11.2. The average molecular weight is 360 g/mol. The van der Waals surface area contributed by atoms with Crippen molar-refractivity contribution in [3.63, 3.8) is 0 Å². The van der Waals surface area contributed by atoms with Crippen molar-refractivity contribution in [2.24, 2.45) is 0 Å². The van der Waals surface area contributed by atoms with Gasteiger partial charge in [0.15, 0.2) is 0 Å². The molecular formula is C17H16N2O3S2. The molecule has 0 bridgehead atoms. The van der Waals surface area contributed by atoms with Gasteiger partial charge >= 0.3 is 0 Å². The Morgan fingerprint density at radius 3 is 2.50 bits per heavy atom. The van der Waals surface area contributed by atoms with Crippen LogP contribution in [0, 0.1) is 0 Å². The van der Waals surface area contributed by atoms with Gasteiger partial charge in [0.05, 0.1) is 19.3 Å². The lowest BCUT2D eigenvalue weighted by Gasteiger charge is -2.24. The van der Waals surface area contributed by atoms with E-state index in [0.29, 0.717) is 15.6 Å². The average Bonchev–Trinajstić information content (AvgIpc) is 3.16. The number of benzene rings is 1. The zero-order valence-corrected chi connectivity index (χ0v) is 14.6. The van der Waals surface area contributed by atoms with Crippen molar-refractivity contribution < 1.29 is 13.2 Å². The number of sulfonamides is 1. The highest BCUT2D eigenvalue weighted by Crippen LogP contribution is 2.29. The van der Waals surface area contributed by atoms with Crippen LogP contribution in [0.1, 0.15) is 5.56 Å². The Morgan fingerprint density at radius 1 is 1.12 bits per heavy atom. The summed E-state index contributed by atoms with van der Waals surface area (Å²) in [6.07, 6.45) is 3.33. The maximum absolute atomic E-state index is 13.0. The van der Waals surface area contributed by atoms with Gasteiger partial charge in [-0.15, -0.1) is 11.3 Å². The van der Waals surface area contributed by atoms with E-state index < -0.39 is 10.0 Å². The van der Waals surface area contributed by atoms with E-state index in [0.717, 1.165) is 5.56 Å². The van der Waals surface area contributed by atoms with E-state index in [1.807, 2.05) is 6.07 Å². The summed E-state index contributed by atoms with van der Waals surface area (Å²) in [5, 5.41) is 1.75. The van der Waals surface area contributed by atoms with E-state index in [1.54, 1.807) is 67.3 Å². The number of anilines is 1. The molecule has 0 spiro atoms. The van der Waals surface area contributed by atoms with Gasteiger partial charge in [-0.25, -0.2) is 8.42 Å². The summed E-state index contributed by atoms with van der Waals surface area (Å²) >= 11 is 1.20. The quantitative estimate of drug-likeness (QED) is 0.674. The summed E-state index contributed by atoms with van der Waals surface area (Å²) in [6, 6.07) is 14.0. The van der Waals surface area contributed by atoms with Gasteiger partial charge in [0, 0.05) is 12.4 Å². The Morgan fingerprint density at radius 2 is 1.92 bits per heavy atom. The van der Waals surface area contributed by atoms with Crippen molar-refractivity contribution in [1.29, 1.82) is 0 Å². The summed E-state index contributed by atoms with van der Waals surface area (Å²) in [7, 11) is -2.07. The minimum absolute atomic E-state index is 0.209. The Balaban J connectivity index is 2.03. The molecule has 0 atom stereocenters. The predicted octanol–water partition coefficient (Wildman–Crippen LogP) is 3.55. The van der Waals surface area contributed by atoms with Gasteiger partial charge < -0.3 is 4.74 Å². The van der Waals surface area contributed by atoms with Gasteiger partial charge in [-0.1, -0.05) is 12.1 Å². The molecule has 7 heteroatoms. The molecule has 1 aromatic carbocycles. The maximum atomic E-state index is 13.0. The van der Waals surface area contributed by atoms with Crippen LogP contribution in [-0.4, -0.2) is 20.5 Å². The largest absolute Gasteiger partial charge is 0.497 e. The van der Waals surface area contributed by atoms with Gasteiger partial charge in [0.1, 0.15) is 9.96 Å². The van der Waals surface area contributed by atoms with Crippen LogP contribution in [0.4, 0.5) is 5.69 Å². The topological polar surface area (TPSA) is 59.5 Å². The summed E-state index contributed by atoms with van der Waals surface area (Å²) in [6.45, 7) is 0.209. The molecule has 5 nitrogen and oxygen atoms in total. The van der Waals surface area contributed by atoms with E-state index in [2.05, 4.69) is 4.98 Å². The Hall–Kier alpha value is -2.38. The summed E-state index contributed by atoms with van der Waals surface area (Å²) in [5.41, 5.74) is 1.39. The summed E-state index contributed by atoms with van der Waals surface area (Å²) in [4.78, 5) is 4.06. The van der Waals surface area contributed by atoms with E-state index in [9.17, 15) is 8.42 Å². The third kappa shape index (κ3) is 3.42. The zero-order valence-electron chi connectivity index (χ0n) is 13.0. The van der Waals surface area contributed by atoms with Crippen molar-refractivity contribution in [1.82, 2.24) is 4.98 Å². The van der Waals surface area contributed by atoms with Crippen LogP contribution in [0.3, 0.4) is 0 Å². The Kier molecular flexibility index (Phi) is 4.82. The van der Waals surface area contributed by atoms with Crippen LogP contribution in [0.25, 0.3) is 0 Å². The first-order valence-electron chi connectivity index (χ1n) is 7.20. The zero-order chi connectivity index (χ0) is 17.0. The molecule has 0 aliphatic rings. The molecule has 0 aliphatic carbocycles. The van der Waals surface area contributed by atoms with E-state index in [4.69, 9.17) is 4.74 Å². The van der Waals surface area contributed by atoms with Crippen LogP contribution in [0.15, 0.2) is 70.5 Å². The number of ether oxygens (including phenoxy) is 1. The lowest BCUT2D eigenvalue weighted by atomic mass is 10.2. The molecule has 0 N–H and O–H groups in total. The third-order valence-electron chi connectivity index (χ3n) is 3.45. The summed E-state index contributed by atoms with van der Waals surface area (Å²) in [5.74, 6) is 0.675. The number of thiophene rings is 1. The third-order valence-corrected chi connectivity index (χ3v) is 6.60. The fourth-order valence-corrected chi connectivity index (χ4v) is 4.80. The monoisotopic (exact) mass is 360 g/mol. The smallest absolute Gasteiger partial charge is 0.274 e. The molecule has 0 radical (unpaired) electrons. The van der Waals surface area contributed by atoms with Gasteiger partial charge in [-0.2, -0.15) is 0 Å². The number of nitrogens with zero attached hydrogens (tertiary/aromatic N) is 2. The number of aromatic nitrogens is 1. The van der Waals surface area contributed by atoms with Gasteiger partial charge in [-0.05, 0) is 47.3 Å². The molecule has 0 aliphatic heterocycles. The predicted molar refractivity (Wildman–Crippen MR) is 94.9 cm³/mol.